The van der Waals surface area contributed by atoms with E-state index in [4.69, 9.17) is 0 Å². The van der Waals surface area contributed by atoms with Gasteiger partial charge in [-0.25, -0.2) is 4.98 Å². The highest BCUT2D eigenvalue weighted by Crippen LogP contribution is 2.14. The third kappa shape index (κ3) is 3.52. The summed E-state index contributed by atoms with van der Waals surface area (Å²) in [5.74, 6) is -0.161. The highest BCUT2D eigenvalue weighted by molar-refractivity contribution is 7.07. The number of hydrogen-bond donors (Lipinski definition) is 2. The van der Waals surface area contributed by atoms with Crippen LogP contribution in [-0.4, -0.2) is 31.7 Å². The van der Waals surface area contributed by atoms with Crippen molar-refractivity contribution in [2.45, 2.75) is 25.9 Å². The monoisotopic (exact) mass is 365 g/mol. The van der Waals surface area contributed by atoms with Crippen LogP contribution in [0.15, 0.2) is 53.5 Å². The maximum absolute atomic E-state index is 12.4. The SMILES string of the molecule is C[C@@H](Cc1ccsc1)NC(=O)c1cc(Cn2cnc3ccccc32)[nH]n1. The second-order valence-corrected chi connectivity index (χ2v) is 7.13. The Hall–Kier alpha value is -2.93. The third-order valence-electron chi connectivity index (χ3n) is 4.23. The van der Waals surface area contributed by atoms with Crippen molar-refractivity contribution in [3.8, 4) is 0 Å². The maximum Gasteiger partial charge on any atom is 0.271 e. The minimum atomic E-state index is -0.161. The van der Waals surface area contributed by atoms with Crippen LogP contribution < -0.4 is 5.32 Å². The molecule has 0 unspecified atom stereocenters. The number of fused-ring (bicyclic) bond motifs is 1. The van der Waals surface area contributed by atoms with Crippen molar-refractivity contribution in [3.05, 3.63) is 70.4 Å². The number of nitrogens with zero attached hydrogens (tertiary/aromatic N) is 3. The number of aromatic nitrogens is 4. The van der Waals surface area contributed by atoms with Gasteiger partial charge >= 0.3 is 0 Å². The molecule has 26 heavy (non-hydrogen) atoms. The second kappa shape index (κ2) is 7.13. The molecular formula is C19H19N5OS. The molecule has 0 bridgehead atoms. The molecule has 6 nitrogen and oxygen atoms in total. The molecular weight excluding hydrogens is 346 g/mol. The Morgan fingerprint density at radius 2 is 2.23 bits per heavy atom. The smallest absolute Gasteiger partial charge is 0.271 e. The van der Waals surface area contributed by atoms with Crippen LogP contribution in [0.5, 0.6) is 0 Å². The van der Waals surface area contributed by atoms with Crippen LogP contribution in [0.25, 0.3) is 11.0 Å². The van der Waals surface area contributed by atoms with Gasteiger partial charge in [0.05, 0.1) is 29.6 Å². The summed E-state index contributed by atoms with van der Waals surface area (Å²) in [4.78, 5) is 16.8. The van der Waals surface area contributed by atoms with Crippen molar-refractivity contribution in [2.24, 2.45) is 0 Å². The molecule has 0 aliphatic heterocycles. The zero-order valence-electron chi connectivity index (χ0n) is 14.3. The molecule has 0 spiro atoms. The Labute approximate surface area is 154 Å². The van der Waals surface area contributed by atoms with Gasteiger partial charge in [-0.3, -0.25) is 9.89 Å². The molecule has 0 radical (unpaired) electrons. The predicted molar refractivity (Wildman–Crippen MR) is 102 cm³/mol. The number of H-pyrrole nitrogens is 1. The average Bonchev–Trinajstić information content (AvgIpc) is 3.37. The summed E-state index contributed by atoms with van der Waals surface area (Å²) in [7, 11) is 0. The highest BCUT2D eigenvalue weighted by atomic mass is 32.1. The molecule has 0 saturated heterocycles. The summed E-state index contributed by atoms with van der Waals surface area (Å²) in [6.45, 7) is 2.59. The zero-order valence-corrected chi connectivity index (χ0v) is 15.2. The van der Waals surface area contributed by atoms with Crippen LogP contribution in [0.3, 0.4) is 0 Å². The summed E-state index contributed by atoms with van der Waals surface area (Å²) < 4.78 is 2.03. The number of benzene rings is 1. The normalized spacial score (nSPS) is 12.3. The van der Waals surface area contributed by atoms with E-state index < -0.39 is 0 Å². The largest absolute Gasteiger partial charge is 0.348 e. The molecule has 132 valence electrons. The van der Waals surface area contributed by atoms with Gasteiger partial charge in [-0.05, 0) is 53.9 Å². The van der Waals surface area contributed by atoms with E-state index >= 15 is 0 Å². The van der Waals surface area contributed by atoms with Crippen molar-refractivity contribution in [1.29, 1.82) is 0 Å². The molecule has 4 aromatic rings. The first-order valence-electron chi connectivity index (χ1n) is 8.45. The van der Waals surface area contributed by atoms with E-state index in [1.54, 1.807) is 23.7 Å². The van der Waals surface area contributed by atoms with E-state index in [0.717, 1.165) is 23.1 Å². The lowest BCUT2D eigenvalue weighted by molar-refractivity contribution is 0.0935. The van der Waals surface area contributed by atoms with Crippen LogP contribution in [0.1, 0.15) is 28.7 Å². The van der Waals surface area contributed by atoms with E-state index in [0.29, 0.717) is 12.2 Å². The van der Waals surface area contributed by atoms with Gasteiger partial charge in [0.2, 0.25) is 0 Å². The summed E-state index contributed by atoms with van der Waals surface area (Å²) in [5, 5.41) is 14.3. The number of carbonyl (C=O) groups excluding carboxylic acids is 1. The van der Waals surface area contributed by atoms with E-state index in [2.05, 4.69) is 31.9 Å². The molecule has 4 rings (SSSR count). The molecule has 1 atom stereocenters. The fourth-order valence-corrected chi connectivity index (χ4v) is 3.67. The third-order valence-corrected chi connectivity index (χ3v) is 4.96. The number of thiophene rings is 1. The Morgan fingerprint density at radius 1 is 1.35 bits per heavy atom. The topological polar surface area (TPSA) is 75.6 Å². The van der Waals surface area contributed by atoms with Gasteiger partial charge in [0, 0.05) is 6.04 Å². The molecule has 7 heteroatoms. The van der Waals surface area contributed by atoms with Gasteiger partial charge < -0.3 is 9.88 Å². The van der Waals surface area contributed by atoms with Crippen LogP contribution in [0.2, 0.25) is 0 Å². The fraction of sp³-hybridized carbons (Fsp3) is 0.211. The number of hydrogen-bond acceptors (Lipinski definition) is 4. The van der Waals surface area contributed by atoms with Crippen molar-refractivity contribution < 1.29 is 4.79 Å². The van der Waals surface area contributed by atoms with Crippen molar-refractivity contribution in [3.63, 3.8) is 0 Å². The van der Waals surface area contributed by atoms with Crippen LogP contribution in [-0.2, 0) is 13.0 Å². The molecule has 0 saturated carbocycles. The van der Waals surface area contributed by atoms with Gasteiger partial charge in [-0.15, -0.1) is 0 Å². The molecule has 1 aromatic carbocycles. The minimum absolute atomic E-state index is 0.0508. The second-order valence-electron chi connectivity index (χ2n) is 6.35. The lowest BCUT2D eigenvalue weighted by Gasteiger charge is -2.11. The van der Waals surface area contributed by atoms with Crippen molar-refractivity contribution >= 4 is 28.3 Å². The Kier molecular flexibility index (Phi) is 4.53. The molecule has 0 fully saturated rings. The zero-order chi connectivity index (χ0) is 17.9. The number of carbonyl (C=O) groups is 1. The van der Waals surface area contributed by atoms with Crippen molar-refractivity contribution in [2.75, 3.05) is 0 Å². The fourth-order valence-electron chi connectivity index (χ4n) is 2.99. The number of amides is 1. The summed E-state index contributed by atoms with van der Waals surface area (Å²) in [6.07, 6.45) is 2.61. The van der Waals surface area contributed by atoms with E-state index in [-0.39, 0.29) is 11.9 Å². The first-order chi connectivity index (χ1) is 12.7. The van der Waals surface area contributed by atoms with Gasteiger partial charge in [0.15, 0.2) is 0 Å². The number of para-hydroxylation sites is 2. The summed E-state index contributed by atoms with van der Waals surface area (Å²) in [5.41, 5.74) is 4.51. The number of imidazole rings is 1. The molecule has 0 aliphatic carbocycles. The van der Waals surface area contributed by atoms with E-state index in [1.807, 2.05) is 41.1 Å². The Morgan fingerprint density at radius 3 is 3.08 bits per heavy atom. The predicted octanol–water partition coefficient (Wildman–Crippen LogP) is 3.23. The molecule has 1 amide bonds. The quantitative estimate of drug-likeness (QED) is 0.551. The minimum Gasteiger partial charge on any atom is -0.348 e. The Bertz CT molecular complexity index is 1020. The lowest BCUT2D eigenvalue weighted by Crippen LogP contribution is -2.34. The highest BCUT2D eigenvalue weighted by Gasteiger charge is 2.14. The molecule has 0 aliphatic rings. The maximum atomic E-state index is 12.4. The number of nitrogens with one attached hydrogen (secondary N) is 2. The van der Waals surface area contributed by atoms with Gasteiger partial charge in [-0.2, -0.15) is 16.4 Å². The summed E-state index contributed by atoms with van der Waals surface area (Å²) in [6, 6.07) is 11.9. The van der Waals surface area contributed by atoms with Gasteiger partial charge in [0.25, 0.3) is 5.91 Å². The number of rotatable bonds is 6. The first-order valence-corrected chi connectivity index (χ1v) is 9.39. The number of aromatic amines is 1. The van der Waals surface area contributed by atoms with Crippen molar-refractivity contribution in [1.82, 2.24) is 25.1 Å². The van der Waals surface area contributed by atoms with E-state index in [9.17, 15) is 4.79 Å². The summed E-state index contributed by atoms with van der Waals surface area (Å²) >= 11 is 1.67. The molecule has 3 aromatic heterocycles. The molecule has 3 heterocycles. The van der Waals surface area contributed by atoms with Crippen LogP contribution in [0.4, 0.5) is 0 Å². The average molecular weight is 365 g/mol. The molecule has 2 N–H and O–H groups in total. The standard InChI is InChI=1S/C19H19N5OS/c1-13(8-14-6-7-26-11-14)21-19(25)17-9-15(22-23-17)10-24-12-20-16-4-2-3-5-18(16)24/h2-7,9,11-13H,8,10H2,1H3,(H,21,25)(H,22,23)/t13-/m0/s1. The van der Waals surface area contributed by atoms with Gasteiger partial charge in [0.1, 0.15) is 5.69 Å². The van der Waals surface area contributed by atoms with Gasteiger partial charge in [-0.1, -0.05) is 12.1 Å². The van der Waals surface area contributed by atoms with Crippen LogP contribution >= 0.6 is 11.3 Å². The lowest BCUT2D eigenvalue weighted by atomic mass is 10.1. The van der Waals surface area contributed by atoms with Crippen LogP contribution in [0, 0.1) is 0 Å². The Balaban J connectivity index is 1.41. The van der Waals surface area contributed by atoms with E-state index in [1.165, 1.54) is 5.56 Å². The first kappa shape index (κ1) is 16.5.